The van der Waals surface area contributed by atoms with Gasteiger partial charge >= 0.3 is 5.97 Å². The molecule has 0 saturated carbocycles. The van der Waals surface area contributed by atoms with Crippen molar-refractivity contribution in [1.82, 2.24) is 30.4 Å². The van der Waals surface area contributed by atoms with E-state index in [2.05, 4.69) is 20.8 Å². The lowest BCUT2D eigenvalue weighted by Crippen LogP contribution is -2.83. The Morgan fingerprint density at radius 1 is 1.53 bits per heavy atom. The number of rotatable bonds is 9. The summed E-state index contributed by atoms with van der Waals surface area (Å²) in [5.41, 5.74) is -1.14. The molecule has 0 radical (unpaired) electrons. The Kier molecular flexibility index (Phi) is 6.91. The molecule has 1 aromatic rings. The third-order valence-electron chi connectivity index (χ3n) is 4.36. The number of nitriles is 1. The Hall–Kier alpha value is -2.28. The summed E-state index contributed by atoms with van der Waals surface area (Å²) >= 11 is 3.55. The van der Waals surface area contributed by atoms with Crippen molar-refractivity contribution >= 4 is 53.1 Å². The number of carbonyl (C=O) groups excluding carboxylic acids is 2. The molecule has 2 aliphatic rings. The van der Waals surface area contributed by atoms with Gasteiger partial charge in [-0.05, 0) is 21.4 Å². The number of hydrogen-bond acceptors (Lipinski definition) is 11. The molecule has 1 saturated heterocycles. The molecule has 12 nitrogen and oxygen atoms in total. The average molecular weight is 472 g/mol. The van der Waals surface area contributed by atoms with Crippen LogP contribution in [0, 0.1) is 11.3 Å². The highest BCUT2D eigenvalue weighted by Crippen LogP contribution is 2.47. The van der Waals surface area contributed by atoms with Gasteiger partial charge in [-0.15, -0.1) is 28.6 Å². The van der Waals surface area contributed by atoms with Crippen LogP contribution in [0.2, 0.25) is 0 Å². The fraction of sp³-hybridized carbons (Fsp3) is 0.533. The number of β-lactam (4-membered cyclic amide) rings is 1. The lowest BCUT2D eigenvalue weighted by Gasteiger charge is -2.57. The number of aryl methyl sites for hydroxylation is 1. The van der Waals surface area contributed by atoms with Crippen molar-refractivity contribution < 1.29 is 24.2 Å². The van der Waals surface area contributed by atoms with Crippen LogP contribution in [0.15, 0.2) is 16.1 Å². The average Bonchev–Trinajstić information content (AvgIpc) is 3.14. The van der Waals surface area contributed by atoms with Crippen LogP contribution in [0.1, 0.15) is 0 Å². The number of methoxy groups -OCH3 is 1. The van der Waals surface area contributed by atoms with E-state index in [-0.39, 0.29) is 17.3 Å². The molecule has 3 rings (SSSR count). The summed E-state index contributed by atoms with van der Waals surface area (Å²) < 4.78 is 6.82. The van der Waals surface area contributed by atoms with Gasteiger partial charge in [0.05, 0.1) is 17.6 Å². The maximum Gasteiger partial charge on any atom is 0.330 e. The van der Waals surface area contributed by atoms with Gasteiger partial charge in [-0.2, -0.15) is 5.26 Å². The highest BCUT2D eigenvalue weighted by Gasteiger charge is 2.67. The summed E-state index contributed by atoms with van der Waals surface area (Å²) in [7, 11) is 2.95. The van der Waals surface area contributed by atoms with Crippen molar-refractivity contribution in [2.75, 3.05) is 24.4 Å². The molecular weight excluding hydrogens is 454 g/mol. The van der Waals surface area contributed by atoms with Crippen LogP contribution in [0.5, 0.6) is 0 Å². The SMILES string of the molecule is CO[C@@]1(NC(=O)CSCC#N)C(=O)N2C(C(=O)O)C(CSc3nnnn3C)=CS[C@@H]21. The molecular formula is C15H17N7O5S3. The lowest BCUT2D eigenvalue weighted by molar-refractivity contribution is -0.201. The molecule has 1 fully saturated rings. The van der Waals surface area contributed by atoms with E-state index in [9.17, 15) is 19.5 Å². The van der Waals surface area contributed by atoms with E-state index in [0.717, 1.165) is 11.8 Å². The number of nitrogens with zero attached hydrogens (tertiary/aromatic N) is 6. The number of aliphatic carboxylic acids is 1. The van der Waals surface area contributed by atoms with E-state index in [1.807, 2.05) is 6.07 Å². The number of fused-ring (bicyclic) bond motifs is 1. The summed E-state index contributed by atoms with van der Waals surface area (Å²) in [6, 6.07) is 0.725. The highest BCUT2D eigenvalue weighted by molar-refractivity contribution is 8.03. The summed E-state index contributed by atoms with van der Waals surface area (Å²) in [6.45, 7) is 0. The molecule has 30 heavy (non-hydrogen) atoms. The molecule has 3 heterocycles. The van der Waals surface area contributed by atoms with Crippen molar-refractivity contribution in [1.29, 1.82) is 5.26 Å². The molecule has 1 aromatic heterocycles. The first-order valence-corrected chi connectivity index (χ1v) is 11.5. The van der Waals surface area contributed by atoms with Crippen molar-refractivity contribution in [3.63, 3.8) is 0 Å². The molecule has 0 bridgehead atoms. The molecule has 160 valence electrons. The largest absolute Gasteiger partial charge is 0.479 e. The van der Waals surface area contributed by atoms with Gasteiger partial charge < -0.3 is 20.1 Å². The number of carbonyl (C=O) groups is 3. The lowest BCUT2D eigenvalue weighted by atomic mass is 9.95. The third kappa shape index (κ3) is 4.00. The Labute approximate surface area is 183 Å². The second kappa shape index (κ2) is 9.25. The Bertz CT molecular complexity index is 932. The molecule has 1 unspecified atom stereocenters. The molecule has 0 aromatic carbocycles. The number of ether oxygens (including phenoxy) is 1. The van der Waals surface area contributed by atoms with Gasteiger partial charge in [0.1, 0.15) is 5.37 Å². The number of nitrogens with one attached hydrogen (secondary N) is 1. The standard InChI is InChI=1S/C15H17N7O5S3/c1-21-14(18-19-20-21)30-6-8-5-29-13-15(27-2,17-9(23)7-28-4-3-16)12(26)22(13)10(8)11(24)25/h5,10,13H,4,6-7H2,1-2H3,(H,17,23)(H,24,25)/t10?,13-,15+/m1/s1. The number of aromatic nitrogens is 4. The molecule has 2 aliphatic heterocycles. The minimum atomic E-state index is -1.65. The number of hydrogen-bond donors (Lipinski definition) is 2. The van der Waals surface area contributed by atoms with Gasteiger partial charge in [-0.3, -0.25) is 9.59 Å². The minimum absolute atomic E-state index is 0.0187. The van der Waals surface area contributed by atoms with Gasteiger partial charge in [0.2, 0.25) is 11.1 Å². The van der Waals surface area contributed by atoms with Gasteiger partial charge in [0, 0.05) is 19.9 Å². The molecule has 2 amide bonds. The first kappa shape index (κ1) is 22.4. The Balaban J connectivity index is 1.76. The van der Waals surface area contributed by atoms with Crippen molar-refractivity contribution in [3.05, 3.63) is 11.0 Å². The first-order valence-electron chi connectivity index (χ1n) is 8.41. The zero-order chi connectivity index (χ0) is 21.9. The van der Waals surface area contributed by atoms with Crippen LogP contribution >= 0.6 is 35.3 Å². The van der Waals surface area contributed by atoms with Crippen LogP contribution < -0.4 is 5.32 Å². The van der Waals surface area contributed by atoms with Gasteiger partial charge in [0.15, 0.2) is 6.04 Å². The second-order valence-electron chi connectivity index (χ2n) is 6.15. The molecule has 0 aliphatic carbocycles. The highest BCUT2D eigenvalue weighted by atomic mass is 32.2. The van der Waals surface area contributed by atoms with E-state index in [0.29, 0.717) is 10.7 Å². The molecule has 15 heteroatoms. The normalized spacial score (nSPS) is 25.0. The van der Waals surface area contributed by atoms with Gasteiger partial charge in [-0.25, -0.2) is 9.48 Å². The zero-order valence-corrected chi connectivity index (χ0v) is 18.3. The van der Waals surface area contributed by atoms with Crippen molar-refractivity contribution in [2.24, 2.45) is 7.05 Å². The van der Waals surface area contributed by atoms with E-state index < -0.39 is 34.9 Å². The van der Waals surface area contributed by atoms with Crippen LogP contribution in [0.3, 0.4) is 0 Å². The number of carboxylic acids is 1. The number of amides is 2. The van der Waals surface area contributed by atoms with Crippen LogP contribution in [0.25, 0.3) is 0 Å². The summed E-state index contributed by atoms with van der Waals surface area (Å²) in [5, 5.41) is 33.5. The molecule has 0 spiro atoms. The van der Waals surface area contributed by atoms with Crippen molar-refractivity contribution in [2.45, 2.75) is 22.3 Å². The topological polar surface area (TPSA) is 163 Å². The van der Waals surface area contributed by atoms with Crippen LogP contribution in [-0.4, -0.2) is 89.5 Å². The zero-order valence-electron chi connectivity index (χ0n) is 15.8. The quantitative estimate of drug-likeness (QED) is 0.201. The maximum absolute atomic E-state index is 12.9. The fourth-order valence-corrected chi connectivity index (χ4v) is 5.73. The number of carboxylic acid groups (broad SMARTS) is 1. The van der Waals surface area contributed by atoms with E-state index in [1.54, 1.807) is 12.5 Å². The predicted octanol–water partition coefficient (Wildman–Crippen LogP) is -0.730. The number of tetrazole rings is 1. The summed E-state index contributed by atoms with van der Waals surface area (Å²) in [5.74, 6) is -1.90. The van der Waals surface area contributed by atoms with E-state index in [4.69, 9.17) is 10.00 Å². The van der Waals surface area contributed by atoms with Gasteiger partial charge in [-0.1, -0.05) is 11.8 Å². The monoisotopic (exact) mass is 471 g/mol. The third-order valence-corrected chi connectivity index (χ3v) is 7.50. The Morgan fingerprint density at radius 2 is 2.30 bits per heavy atom. The van der Waals surface area contributed by atoms with E-state index in [1.165, 1.54) is 40.2 Å². The predicted molar refractivity (Wildman–Crippen MR) is 108 cm³/mol. The Morgan fingerprint density at radius 3 is 2.90 bits per heavy atom. The van der Waals surface area contributed by atoms with Crippen LogP contribution in [0.4, 0.5) is 0 Å². The first-order chi connectivity index (χ1) is 14.4. The fourth-order valence-electron chi connectivity index (χ4n) is 3.01. The van der Waals surface area contributed by atoms with Crippen molar-refractivity contribution in [3.8, 4) is 6.07 Å². The second-order valence-corrected chi connectivity index (χ2v) is 9.03. The summed E-state index contributed by atoms with van der Waals surface area (Å²) in [4.78, 5) is 38.3. The molecule has 2 N–H and O–H groups in total. The minimum Gasteiger partial charge on any atom is -0.479 e. The smallest absolute Gasteiger partial charge is 0.330 e. The van der Waals surface area contributed by atoms with Gasteiger partial charge in [0.25, 0.3) is 11.6 Å². The number of thioether (sulfide) groups is 3. The maximum atomic E-state index is 12.9. The summed E-state index contributed by atoms with van der Waals surface area (Å²) in [6.07, 6.45) is 0. The van der Waals surface area contributed by atoms with E-state index >= 15 is 0 Å². The molecule has 3 atom stereocenters. The van der Waals surface area contributed by atoms with Crippen LogP contribution in [-0.2, 0) is 26.2 Å².